The summed E-state index contributed by atoms with van der Waals surface area (Å²) in [7, 11) is 0. The number of ketones is 1. The lowest BCUT2D eigenvalue weighted by molar-refractivity contribution is -0.117. The second kappa shape index (κ2) is 8.97. The fourth-order valence-electron chi connectivity index (χ4n) is 4.62. The van der Waals surface area contributed by atoms with Gasteiger partial charge in [0.1, 0.15) is 23.2 Å². The maximum atomic E-state index is 15.2. The SMILES string of the molecule is CC(=O)CC[C@H]1CN(c2ccc(N3CCn4c(=O)c5cccnc5c(=O)n4CC3)c(F)c2)C(=O)O1. The monoisotopic (exact) mass is 481 g/mol. The number of anilines is 2. The van der Waals surface area contributed by atoms with Crippen LogP contribution in [0.5, 0.6) is 0 Å². The number of cyclic esters (lactones) is 1. The van der Waals surface area contributed by atoms with E-state index in [1.54, 1.807) is 29.2 Å². The van der Waals surface area contributed by atoms with Crippen LogP contribution in [0.4, 0.5) is 20.6 Å². The Labute approximate surface area is 199 Å². The molecule has 0 radical (unpaired) electrons. The van der Waals surface area contributed by atoms with Crippen molar-refractivity contribution in [2.45, 2.75) is 39.0 Å². The van der Waals surface area contributed by atoms with E-state index in [9.17, 15) is 19.2 Å². The second-order valence-corrected chi connectivity index (χ2v) is 8.74. The number of halogens is 1. The van der Waals surface area contributed by atoms with E-state index in [1.807, 2.05) is 0 Å². The number of rotatable bonds is 5. The van der Waals surface area contributed by atoms with E-state index in [4.69, 9.17) is 4.74 Å². The summed E-state index contributed by atoms with van der Waals surface area (Å²) >= 11 is 0. The molecule has 2 aliphatic heterocycles. The van der Waals surface area contributed by atoms with Crippen LogP contribution in [0.15, 0.2) is 46.1 Å². The molecule has 0 saturated carbocycles. The summed E-state index contributed by atoms with van der Waals surface area (Å²) in [5.74, 6) is -0.511. The van der Waals surface area contributed by atoms with E-state index in [-0.39, 0.29) is 47.4 Å². The number of amides is 1. The van der Waals surface area contributed by atoms with Gasteiger partial charge < -0.3 is 14.4 Å². The summed E-state index contributed by atoms with van der Waals surface area (Å²) in [4.78, 5) is 56.5. The predicted octanol–water partition coefficient (Wildman–Crippen LogP) is 1.91. The Kier molecular flexibility index (Phi) is 5.83. The molecular weight excluding hydrogens is 457 g/mol. The number of carbonyl (C=O) groups is 2. The molecule has 4 heterocycles. The van der Waals surface area contributed by atoms with E-state index in [1.165, 1.54) is 33.5 Å². The maximum absolute atomic E-state index is 15.2. The van der Waals surface area contributed by atoms with E-state index < -0.39 is 18.0 Å². The summed E-state index contributed by atoms with van der Waals surface area (Å²) in [6.07, 6.45) is 1.22. The minimum atomic E-state index is -0.574. The van der Waals surface area contributed by atoms with Gasteiger partial charge in [-0.25, -0.2) is 18.5 Å². The number of ether oxygens (including phenoxy) is 1. The Morgan fingerprint density at radius 2 is 1.83 bits per heavy atom. The van der Waals surface area contributed by atoms with Crippen molar-refractivity contribution in [2.24, 2.45) is 0 Å². The van der Waals surface area contributed by atoms with Crippen LogP contribution < -0.4 is 20.9 Å². The van der Waals surface area contributed by atoms with E-state index in [2.05, 4.69) is 4.98 Å². The number of hydrogen-bond donors (Lipinski definition) is 0. The van der Waals surface area contributed by atoms with Crippen molar-refractivity contribution in [2.75, 3.05) is 29.4 Å². The molecule has 35 heavy (non-hydrogen) atoms. The molecule has 1 aromatic carbocycles. The molecule has 0 aliphatic carbocycles. The number of hydrogen-bond acceptors (Lipinski definition) is 7. The molecular formula is C24H24FN5O5. The molecule has 1 fully saturated rings. The molecule has 2 aliphatic rings. The third-order valence-corrected chi connectivity index (χ3v) is 6.44. The molecule has 0 bridgehead atoms. The molecule has 0 unspecified atom stereocenters. The molecule has 1 amide bonds. The zero-order valence-corrected chi connectivity index (χ0v) is 19.1. The Bertz CT molecular complexity index is 1390. The third-order valence-electron chi connectivity index (χ3n) is 6.44. The van der Waals surface area contributed by atoms with Crippen molar-refractivity contribution in [3.8, 4) is 0 Å². The van der Waals surface area contributed by atoms with E-state index >= 15 is 4.39 Å². The summed E-state index contributed by atoms with van der Waals surface area (Å²) in [6.45, 7) is 2.76. The molecule has 182 valence electrons. The van der Waals surface area contributed by atoms with Crippen molar-refractivity contribution in [3.05, 3.63) is 63.1 Å². The first-order chi connectivity index (χ1) is 16.8. The van der Waals surface area contributed by atoms with Gasteiger partial charge in [-0.1, -0.05) is 0 Å². The highest BCUT2D eigenvalue weighted by Crippen LogP contribution is 2.29. The molecule has 1 atom stereocenters. The van der Waals surface area contributed by atoms with Crippen molar-refractivity contribution in [3.63, 3.8) is 0 Å². The Balaban J connectivity index is 1.36. The van der Waals surface area contributed by atoms with Crippen LogP contribution in [-0.4, -0.2) is 52.0 Å². The molecule has 2 aromatic heterocycles. The van der Waals surface area contributed by atoms with Crippen LogP contribution in [0.25, 0.3) is 10.9 Å². The van der Waals surface area contributed by atoms with Crippen molar-refractivity contribution in [1.29, 1.82) is 0 Å². The molecule has 11 heteroatoms. The Hall–Kier alpha value is -4.02. The zero-order valence-electron chi connectivity index (χ0n) is 19.1. The van der Waals surface area contributed by atoms with Gasteiger partial charge >= 0.3 is 6.09 Å². The Morgan fingerprint density at radius 3 is 2.54 bits per heavy atom. The second-order valence-electron chi connectivity index (χ2n) is 8.74. The first-order valence-corrected chi connectivity index (χ1v) is 11.4. The molecule has 0 spiro atoms. The summed E-state index contributed by atoms with van der Waals surface area (Å²) in [6, 6.07) is 7.69. The smallest absolute Gasteiger partial charge is 0.414 e. The lowest BCUT2D eigenvalue weighted by atomic mass is 10.1. The van der Waals surface area contributed by atoms with Gasteiger partial charge in [0, 0.05) is 25.7 Å². The van der Waals surface area contributed by atoms with Crippen LogP contribution in [0.3, 0.4) is 0 Å². The molecule has 5 rings (SSSR count). The minimum absolute atomic E-state index is 0.0170. The lowest BCUT2D eigenvalue weighted by Gasteiger charge is -2.23. The summed E-state index contributed by atoms with van der Waals surface area (Å²) < 4.78 is 23.3. The molecule has 3 aromatic rings. The third kappa shape index (κ3) is 4.17. The minimum Gasteiger partial charge on any atom is -0.444 e. The van der Waals surface area contributed by atoms with Gasteiger partial charge in [0.15, 0.2) is 0 Å². The normalized spacial score (nSPS) is 17.9. The van der Waals surface area contributed by atoms with Crippen LogP contribution in [0, 0.1) is 5.82 Å². The van der Waals surface area contributed by atoms with Gasteiger partial charge in [-0.3, -0.25) is 19.5 Å². The number of benzene rings is 1. The summed E-state index contributed by atoms with van der Waals surface area (Å²) in [5.41, 5.74) is 0.134. The van der Waals surface area contributed by atoms with Crippen LogP contribution in [0.1, 0.15) is 19.8 Å². The fourth-order valence-corrected chi connectivity index (χ4v) is 4.62. The quantitative estimate of drug-likeness (QED) is 0.548. The average Bonchev–Trinajstić information content (AvgIpc) is 3.07. The number of pyridine rings is 1. The molecule has 10 nitrogen and oxygen atoms in total. The number of nitrogens with zero attached hydrogens (tertiary/aromatic N) is 5. The highest BCUT2D eigenvalue weighted by molar-refractivity contribution is 5.90. The van der Waals surface area contributed by atoms with Crippen LogP contribution in [-0.2, 0) is 22.6 Å². The number of aromatic nitrogens is 3. The van der Waals surface area contributed by atoms with Crippen molar-refractivity contribution >= 4 is 34.2 Å². The van der Waals surface area contributed by atoms with Gasteiger partial charge in [-0.05, 0) is 43.7 Å². The summed E-state index contributed by atoms with van der Waals surface area (Å²) in [5, 5.41) is 0.261. The topological polar surface area (TPSA) is 107 Å². The maximum Gasteiger partial charge on any atom is 0.414 e. The van der Waals surface area contributed by atoms with E-state index in [0.29, 0.717) is 37.3 Å². The van der Waals surface area contributed by atoms with Crippen LogP contribution in [0.2, 0.25) is 0 Å². The van der Waals surface area contributed by atoms with Gasteiger partial charge in [-0.15, -0.1) is 0 Å². The average molecular weight is 481 g/mol. The first kappa shape index (κ1) is 22.8. The Morgan fingerprint density at radius 1 is 1.09 bits per heavy atom. The van der Waals surface area contributed by atoms with E-state index in [0.717, 1.165) is 0 Å². The zero-order chi connectivity index (χ0) is 24.7. The lowest BCUT2D eigenvalue weighted by Crippen LogP contribution is -2.39. The van der Waals surface area contributed by atoms with Gasteiger partial charge in [0.2, 0.25) is 0 Å². The van der Waals surface area contributed by atoms with Gasteiger partial charge in [-0.2, -0.15) is 0 Å². The molecule has 1 saturated heterocycles. The highest BCUT2D eigenvalue weighted by atomic mass is 19.1. The van der Waals surface area contributed by atoms with Crippen molar-refractivity contribution in [1.82, 2.24) is 14.3 Å². The predicted molar refractivity (Wildman–Crippen MR) is 126 cm³/mol. The van der Waals surface area contributed by atoms with Crippen LogP contribution >= 0.6 is 0 Å². The van der Waals surface area contributed by atoms with Crippen molar-refractivity contribution < 1.29 is 18.7 Å². The number of carbonyl (C=O) groups excluding carboxylic acids is 2. The van der Waals surface area contributed by atoms with Gasteiger partial charge in [0.25, 0.3) is 11.1 Å². The number of Topliss-reactive ketones (excluding diaryl/α,β-unsaturated/α-hetero) is 1. The fraction of sp³-hybridized carbons (Fsp3) is 0.375. The molecule has 0 N–H and O–H groups in total. The highest BCUT2D eigenvalue weighted by Gasteiger charge is 2.33. The largest absolute Gasteiger partial charge is 0.444 e. The first-order valence-electron chi connectivity index (χ1n) is 11.4. The number of fused-ring (bicyclic) bond motifs is 2. The van der Waals surface area contributed by atoms with Gasteiger partial charge in [0.05, 0.1) is 36.4 Å². The standard InChI is InChI=1S/C24H24FN5O5/c1-15(31)4-6-17-14-28(24(34)35-17)16-5-7-20(19(25)13-16)27-9-11-29-22(32)18-3-2-8-26-21(18)23(33)30(29)12-10-27/h2-3,5,7-8,13,17H,4,6,9-12,14H2,1H3/t17-/m0/s1.